The summed E-state index contributed by atoms with van der Waals surface area (Å²) in [6.07, 6.45) is 6.69. The van der Waals surface area contributed by atoms with Crippen LogP contribution in [0.5, 0.6) is 5.75 Å². The molecular formula is C12H13BrN2O. The molecule has 2 aromatic heterocycles. The van der Waals surface area contributed by atoms with Crippen molar-refractivity contribution in [3.63, 3.8) is 0 Å². The van der Waals surface area contributed by atoms with Crippen LogP contribution in [0.4, 0.5) is 0 Å². The summed E-state index contributed by atoms with van der Waals surface area (Å²) in [5.74, 6) is 1.55. The van der Waals surface area contributed by atoms with Crippen LogP contribution in [0.2, 0.25) is 0 Å². The maximum atomic E-state index is 5.53. The zero-order valence-corrected chi connectivity index (χ0v) is 10.7. The second-order valence-corrected chi connectivity index (χ2v) is 4.98. The maximum Gasteiger partial charge on any atom is 0.140 e. The highest BCUT2D eigenvalue weighted by Gasteiger charge is 2.26. The Kier molecular flexibility index (Phi) is 2.39. The molecule has 0 amide bonds. The highest BCUT2D eigenvalue weighted by atomic mass is 79.9. The van der Waals surface area contributed by atoms with Crippen molar-refractivity contribution < 1.29 is 4.74 Å². The molecule has 0 atom stereocenters. The lowest BCUT2D eigenvalue weighted by atomic mass is 10.3. The Hall–Kier alpha value is -1.03. The Morgan fingerprint density at radius 3 is 3.00 bits per heavy atom. The molecule has 0 bridgehead atoms. The summed E-state index contributed by atoms with van der Waals surface area (Å²) >= 11 is 3.51. The number of hydrogen-bond acceptors (Lipinski definition) is 2. The summed E-state index contributed by atoms with van der Waals surface area (Å²) < 4.78 is 8.56. The SMILES string of the molecule is CCOc1cc2nc(C3CC3)cn2cc1Br. The fourth-order valence-electron chi connectivity index (χ4n) is 1.85. The van der Waals surface area contributed by atoms with Gasteiger partial charge in [0.05, 0.1) is 16.8 Å². The van der Waals surface area contributed by atoms with E-state index in [1.807, 2.05) is 19.2 Å². The topological polar surface area (TPSA) is 26.5 Å². The van der Waals surface area contributed by atoms with Gasteiger partial charge >= 0.3 is 0 Å². The van der Waals surface area contributed by atoms with Gasteiger partial charge in [0.2, 0.25) is 0 Å². The van der Waals surface area contributed by atoms with E-state index >= 15 is 0 Å². The van der Waals surface area contributed by atoms with E-state index in [4.69, 9.17) is 4.74 Å². The first-order chi connectivity index (χ1) is 7.78. The quantitative estimate of drug-likeness (QED) is 0.862. The number of hydrogen-bond donors (Lipinski definition) is 0. The summed E-state index contributed by atoms with van der Waals surface area (Å²) in [5.41, 5.74) is 2.18. The fraction of sp³-hybridized carbons (Fsp3) is 0.417. The van der Waals surface area contributed by atoms with E-state index in [0.29, 0.717) is 12.5 Å². The van der Waals surface area contributed by atoms with Crippen LogP contribution < -0.4 is 4.74 Å². The van der Waals surface area contributed by atoms with Crippen LogP contribution in [0.25, 0.3) is 5.65 Å². The number of rotatable bonds is 3. The highest BCUT2D eigenvalue weighted by molar-refractivity contribution is 9.10. The maximum absolute atomic E-state index is 5.53. The van der Waals surface area contributed by atoms with Gasteiger partial charge in [-0.2, -0.15) is 0 Å². The third kappa shape index (κ3) is 1.71. The van der Waals surface area contributed by atoms with E-state index in [1.165, 1.54) is 18.5 Å². The third-order valence-electron chi connectivity index (χ3n) is 2.82. The van der Waals surface area contributed by atoms with Gasteiger partial charge in [-0.3, -0.25) is 0 Å². The number of imidazole rings is 1. The first-order valence-electron chi connectivity index (χ1n) is 5.59. The zero-order valence-electron chi connectivity index (χ0n) is 9.11. The molecule has 16 heavy (non-hydrogen) atoms. The molecule has 2 heterocycles. The summed E-state index contributed by atoms with van der Waals surface area (Å²) in [7, 11) is 0. The predicted octanol–water partition coefficient (Wildman–Crippen LogP) is 3.37. The van der Waals surface area contributed by atoms with Crippen LogP contribution in [0.1, 0.15) is 31.4 Å². The number of pyridine rings is 1. The molecule has 0 N–H and O–H groups in total. The van der Waals surface area contributed by atoms with Gasteiger partial charge < -0.3 is 9.14 Å². The van der Waals surface area contributed by atoms with Crippen molar-refractivity contribution in [2.24, 2.45) is 0 Å². The molecule has 0 aliphatic heterocycles. The van der Waals surface area contributed by atoms with Gasteiger partial charge in [-0.25, -0.2) is 4.98 Å². The van der Waals surface area contributed by atoms with Gasteiger partial charge in [-0.05, 0) is 35.7 Å². The van der Waals surface area contributed by atoms with E-state index in [0.717, 1.165) is 15.9 Å². The summed E-state index contributed by atoms with van der Waals surface area (Å²) in [6.45, 7) is 2.66. The average Bonchev–Trinajstić information content (AvgIpc) is 3.02. The fourth-order valence-corrected chi connectivity index (χ4v) is 2.30. The molecule has 1 aliphatic carbocycles. The summed E-state index contributed by atoms with van der Waals surface area (Å²) in [5, 5.41) is 0. The molecule has 3 nitrogen and oxygen atoms in total. The number of aromatic nitrogens is 2. The molecule has 0 spiro atoms. The second-order valence-electron chi connectivity index (χ2n) is 4.12. The van der Waals surface area contributed by atoms with Crippen molar-refractivity contribution in [3.05, 3.63) is 28.6 Å². The van der Waals surface area contributed by atoms with Gasteiger partial charge in [0.25, 0.3) is 0 Å². The van der Waals surface area contributed by atoms with Gasteiger partial charge in [0, 0.05) is 24.4 Å². The molecule has 0 saturated heterocycles. The lowest BCUT2D eigenvalue weighted by molar-refractivity contribution is 0.338. The first-order valence-corrected chi connectivity index (χ1v) is 6.38. The Morgan fingerprint density at radius 2 is 2.31 bits per heavy atom. The standard InChI is InChI=1S/C12H13BrN2O/c1-2-16-11-5-12-14-10(8-3-4-8)7-15(12)6-9(11)13/h5-8H,2-4H2,1H3. The predicted molar refractivity (Wildman–Crippen MR) is 66.0 cm³/mol. The van der Waals surface area contributed by atoms with Gasteiger partial charge in [-0.15, -0.1) is 0 Å². The average molecular weight is 281 g/mol. The Labute approximate surface area is 103 Å². The molecule has 84 valence electrons. The molecule has 1 saturated carbocycles. The third-order valence-corrected chi connectivity index (χ3v) is 3.42. The largest absolute Gasteiger partial charge is 0.492 e. The Morgan fingerprint density at radius 1 is 1.50 bits per heavy atom. The zero-order chi connectivity index (χ0) is 11.1. The molecule has 0 radical (unpaired) electrons. The number of fused-ring (bicyclic) bond motifs is 1. The molecule has 3 rings (SSSR count). The molecule has 0 aromatic carbocycles. The number of halogens is 1. The van der Waals surface area contributed by atoms with Crippen LogP contribution in [0.3, 0.4) is 0 Å². The summed E-state index contributed by atoms with van der Waals surface area (Å²) in [6, 6.07) is 1.99. The normalized spacial score (nSPS) is 15.6. The number of nitrogens with zero attached hydrogens (tertiary/aromatic N) is 2. The van der Waals surface area contributed by atoms with Crippen LogP contribution in [-0.2, 0) is 0 Å². The van der Waals surface area contributed by atoms with Gasteiger partial charge in [0.15, 0.2) is 0 Å². The first kappa shape index (κ1) is 10.1. The van der Waals surface area contributed by atoms with Crippen molar-refractivity contribution >= 4 is 21.6 Å². The van der Waals surface area contributed by atoms with Crippen LogP contribution in [-0.4, -0.2) is 16.0 Å². The monoisotopic (exact) mass is 280 g/mol. The van der Waals surface area contributed by atoms with E-state index < -0.39 is 0 Å². The van der Waals surface area contributed by atoms with E-state index in [2.05, 4.69) is 31.5 Å². The van der Waals surface area contributed by atoms with Crippen molar-refractivity contribution in [2.45, 2.75) is 25.7 Å². The van der Waals surface area contributed by atoms with E-state index in [9.17, 15) is 0 Å². The number of ether oxygens (including phenoxy) is 1. The van der Waals surface area contributed by atoms with Crippen LogP contribution >= 0.6 is 15.9 Å². The van der Waals surface area contributed by atoms with Crippen molar-refractivity contribution in [1.82, 2.24) is 9.38 Å². The smallest absolute Gasteiger partial charge is 0.140 e. The summed E-state index contributed by atoms with van der Waals surface area (Å²) in [4.78, 5) is 4.62. The van der Waals surface area contributed by atoms with E-state index in [-0.39, 0.29) is 0 Å². The molecule has 0 unspecified atom stereocenters. The van der Waals surface area contributed by atoms with E-state index in [1.54, 1.807) is 0 Å². The lowest BCUT2D eigenvalue weighted by Crippen LogP contribution is -1.94. The lowest BCUT2D eigenvalue weighted by Gasteiger charge is -2.05. The molecule has 4 heteroatoms. The minimum absolute atomic E-state index is 0.672. The Bertz CT molecular complexity index is 531. The van der Waals surface area contributed by atoms with Crippen molar-refractivity contribution in [1.29, 1.82) is 0 Å². The highest BCUT2D eigenvalue weighted by Crippen LogP contribution is 2.39. The molecule has 1 aliphatic rings. The second kappa shape index (κ2) is 3.77. The van der Waals surface area contributed by atoms with Gasteiger partial charge in [0.1, 0.15) is 11.4 Å². The van der Waals surface area contributed by atoms with Crippen molar-refractivity contribution in [3.8, 4) is 5.75 Å². The van der Waals surface area contributed by atoms with Gasteiger partial charge in [-0.1, -0.05) is 0 Å². The minimum atomic E-state index is 0.672. The molecule has 2 aromatic rings. The molecular weight excluding hydrogens is 268 g/mol. The Balaban J connectivity index is 2.08. The van der Waals surface area contributed by atoms with Crippen molar-refractivity contribution in [2.75, 3.05) is 6.61 Å². The minimum Gasteiger partial charge on any atom is -0.492 e. The molecule has 1 fully saturated rings. The van der Waals surface area contributed by atoms with Crippen LogP contribution in [0, 0.1) is 0 Å². The van der Waals surface area contributed by atoms with Crippen LogP contribution in [0.15, 0.2) is 22.9 Å².